The molecule has 2 aromatic rings. The van der Waals surface area contributed by atoms with Gasteiger partial charge in [0.25, 0.3) is 5.91 Å². The van der Waals surface area contributed by atoms with Crippen molar-refractivity contribution in [2.45, 2.75) is 31.1 Å². The Labute approximate surface area is 133 Å². The number of fused-ring (bicyclic) bond motifs is 2. The number of pyridine rings is 1. The van der Waals surface area contributed by atoms with E-state index in [2.05, 4.69) is 15.2 Å². The summed E-state index contributed by atoms with van der Waals surface area (Å²) in [5, 5.41) is 7.84. The molecule has 3 heterocycles. The number of nitrogens with one attached hydrogen (secondary N) is 1. The number of aromatic nitrogens is 3. The van der Waals surface area contributed by atoms with Crippen LogP contribution in [0.25, 0.3) is 0 Å². The van der Waals surface area contributed by atoms with Crippen molar-refractivity contribution >= 4 is 17.5 Å². The van der Waals surface area contributed by atoms with Gasteiger partial charge in [-0.05, 0) is 37.3 Å². The van der Waals surface area contributed by atoms with E-state index in [1.54, 1.807) is 18.5 Å². The molecular formula is C16H17ClN4O. The summed E-state index contributed by atoms with van der Waals surface area (Å²) in [4.78, 5) is 18.7. The number of piperidine rings is 1. The maximum Gasteiger partial charge on any atom is 0.255 e. The van der Waals surface area contributed by atoms with Crippen LogP contribution < -0.4 is 0 Å². The quantitative estimate of drug-likeness (QED) is 0.879. The Morgan fingerprint density at radius 2 is 2.23 bits per heavy atom. The number of aromatic amines is 1. The zero-order valence-electron chi connectivity index (χ0n) is 12.2. The number of likely N-dealkylation sites (tertiary alicyclic amines) is 1. The first kappa shape index (κ1) is 13.8. The molecule has 1 amide bonds. The first-order valence-corrected chi connectivity index (χ1v) is 7.98. The molecule has 114 valence electrons. The number of halogens is 1. The van der Waals surface area contributed by atoms with Crippen molar-refractivity contribution in [2.24, 2.45) is 0 Å². The summed E-state index contributed by atoms with van der Waals surface area (Å²) in [6.07, 6.45) is 9.32. The van der Waals surface area contributed by atoms with Gasteiger partial charge >= 0.3 is 0 Å². The first-order chi connectivity index (χ1) is 10.7. The van der Waals surface area contributed by atoms with E-state index in [4.69, 9.17) is 11.6 Å². The minimum absolute atomic E-state index is 0.0158. The fraction of sp³-hybridized carbons (Fsp3) is 0.438. The van der Waals surface area contributed by atoms with Gasteiger partial charge in [0.05, 0.1) is 16.8 Å². The van der Waals surface area contributed by atoms with Crippen LogP contribution >= 0.6 is 11.6 Å². The summed E-state index contributed by atoms with van der Waals surface area (Å²) >= 11 is 5.95. The molecule has 1 fully saturated rings. The number of rotatable bonds is 1. The zero-order chi connectivity index (χ0) is 15.2. The van der Waals surface area contributed by atoms with Crippen LogP contribution in [0.15, 0.2) is 24.7 Å². The third-order valence-corrected chi connectivity index (χ3v) is 5.14. The monoisotopic (exact) mass is 316 g/mol. The number of H-pyrrole nitrogens is 1. The minimum Gasteiger partial charge on any atom is -0.338 e. The van der Waals surface area contributed by atoms with Gasteiger partial charge in [0.2, 0.25) is 0 Å². The molecular weight excluding hydrogens is 300 g/mol. The highest BCUT2D eigenvalue weighted by Crippen LogP contribution is 2.44. The Hall–Kier alpha value is -1.88. The number of carbonyl (C=O) groups excluding carboxylic acids is 1. The van der Waals surface area contributed by atoms with Crippen LogP contribution in [0.3, 0.4) is 0 Å². The fourth-order valence-corrected chi connectivity index (χ4v) is 4.06. The van der Waals surface area contributed by atoms with Crippen LogP contribution in [0.5, 0.6) is 0 Å². The van der Waals surface area contributed by atoms with Crippen LogP contribution in [-0.2, 0) is 11.8 Å². The second-order valence-electron chi connectivity index (χ2n) is 6.27. The predicted octanol–water partition coefficient (Wildman–Crippen LogP) is 2.58. The lowest BCUT2D eigenvalue weighted by Gasteiger charge is -2.40. The van der Waals surface area contributed by atoms with E-state index in [1.165, 1.54) is 11.3 Å². The van der Waals surface area contributed by atoms with Gasteiger partial charge in [-0.25, -0.2) is 0 Å². The highest BCUT2D eigenvalue weighted by molar-refractivity contribution is 6.30. The second kappa shape index (κ2) is 5.09. The van der Waals surface area contributed by atoms with Crippen LogP contribution in [0.1, 0.15) is 40.9 Å². The van der Waals surface area contributed by atoms with Crippen molar-refractivity contribution in [2.75, 3.05) is 13.1 Å². The van der Waals surface area contributed by atoms with Gasteiger partial charge in [0, 0.05) is 36.6 Å². The molecule has 1 spiro atoms. The average Bonchev–Trinajstić information content (AvgIpc) is 3.12. The zero-order valence-corrected chi connectivity index (χ0v) is 12.9. The van der Waals surface area contributed by atoms with Gasteiger partial charge in [-0.3, -0.25) is 14.9 Å². The first-order valence-electron chi connectivity index (χ1n) is 7.60. The maximum atomic E-state index is 12.7. The van der Waals surface area contributed by atoms with E-state index < -0.39 is 0 Å². The molecule has 0 aromatic carbocycles. The average molecular weight is 317 g/mol. The highest BCUT2D eigenvalue weighted by atomic mass is 35.5. The molecule has 1 aliphatic carbocycles. The number of carbonyl (C=O) groups is 1. The van der Waals surface area contributed by atoms with Gasteiger partial charge in [-0.15, -0.1) is 0 Å². The summed E-state index contributed by atoms with van der Waals surface area (Å²) < 4.78 is 0. The number of hydrogen-bond acceptors (Lipinski definition) is 3. The third-order valence-electron chi connectivity index (χ3n) is 4.94. The van der Waals surface area contributed by atoms with Gasteiger partial charge in [-0.2, -0.15) is 5.10 Å². The van der Waals surface area contributed by atoms with Gasteiger partial charge in [0.1, 0.15) is 0 Å². The van der Waals surface area contributed by atoms with E-state index in [0.717, 1.165) is 38.8 Å². The van der Waals surface area contributed by atoms with Crippen molar-refractivity contribution in [1.29, 1.82) is 0 Å². The van der Waals surface area contributed by atoms with Crippen molar-refractivity contribution in [3.8, 4) is 0 Å². The summed E-state index contributed by atoms with van der Waals surface area (Å²) in [5.41, 5.74) is 3.14. The molecule has 5 nitrogen and oxygen atoms in total. The van der Waals surface area contributed by atoms with Crippen molar-refractivity contribution in [1.82, 2.24) is 20.1 Å². The second-order valence-corrected chi connectivity index (χ2v) is 6.71. The van der Waals surface area contributed by atoms with E-state index in [-0.39, 0.29) is 11.3 Å². The number of nitrogens with zero attached hydrogens (tertiary/aromatic N) is 3. The number of aryl methyl sites for hydroxylation is 1. The SMILES string of the molecule is O=C(c1cncc(Cl)c1)N1CCCC2(CCc3cn[nH]c32)C1. The molecule has 1 unspecified atom stereocenters. The van der Waals surface area contributed by atoms with E-state index in [1.807, 2.05) is 11.1 Å². The van der Waals surface area contributed by atoms with Crippen molar-refractivity contribution in [3.05, 3.63) is 46.5 Å². The van der Waals surface area contributed by atoms with Crippen molar-refractivity contribution < 1.29 is 4.79 Å². The molecule has 0 radical (unpaired) electrons. The molecule has 4 rings (SSSR count). The molecule has 2 aromatic heterocycles. The maximum absolute atomic E-state index is 12.7. The molecule has 1 saturated heterocycles. The summed E-state index contributed by atoms with van der Waals surface area (Å²) in [5.74, 6) is 0.0158. The van der Waals surface area contributed by atoms with Gasteiger partial charge in [-0.1, -0.05) is 11.6 Å². The van der Waals surface area contributed by atoms with Gasteiger partial charge in [0.15, 0.2) is 0 Å². The summed E-state index contributed by atoms with van der Waals surface area (Å²) in [6.45, 7) is 1.53. The Morgan fingerprint density at radius 1 is 1.32 bits per heavy atom. The fourth-order valence-electron chi connectivity index (χ4n) is 3.88. The smallest absolute Gasteiger partial charge is 0.255 e. The summed E-state index contributed by atoms with van der Waals surface area (Å²) in [6, 6.07) is 1.69. The number of hydrogen-bond donors (Lipinski definition) is 1. The van der Waals surface area contributed by atoms with E-state index in [0.29, 0.717) is 10.6 Å². The largest absolute Gasteiger partial charge is 0.338 e. The lowest BCUT2D eigenvalue weighted by Crippen LogP contribution is -2.47. The number of amides is 1. The van der Waals surface area contributed by atoms with E-state index in [9.17, 15) is 4.79 Å². The van der Waals surface area contributed by atoms with Crippen LogP contribution in [0.4, 0.5) is 0 Å². The molecule has 2 aliphatic rings. The standard InChI is InChI=1S/C16H17ClN4O/c17-13-6-12(7-18-9-13)15(22)21-5-1-3-16(10-21)4-2-11-8-19-20-14(11)16/h6-9H,1-5,10H2,(H,19,20). The van der Waals surface area contributed by atoms with Crippen LogP contribution in [0.2, 0.25) is 5.02 Å². The Balaban J connectivity index is 1.61. The molecule has 6 heteroatoms. The lowest BCUT2D eigenvalue weighted by molar-refractivity contribution is 0.0632. The van der Waals surface area contributed by atoms with Crippen LogP contribution in [0, 0.1) is 0 Å². The third kappa shape index (κ3) is 2.11. The topological polar surface area (TPSA) is 61.9 Å². The molecule has 0 saturated carbocycles. The van der Waals surface area contributed by atoms with Crippen LogP contribution in [-0.4, -0.2) is 39.1 Å². The Kier molecular flexibility index (Phi) is 3.18. The predicted molar refractivity (Wildman–Crippen MR) is 83.0 cm³/mol. The molecule has 1 aliphatic heterocycles. The van der Waals surface area contributed by atoms with E-state index >= 15 is 0 Å². The minimum atomic E-state index is 0.0158. The Morgan fingerprint density at radius 3 is 3.09 bits per heavy atom. The van der Waals surface area contributed by atoms with Gasteiger partial charge < -0.3 is 4.90 Å². The normalized spacial score (nSPS) is 23.8. The molecule has 0 bridgehead atoms. The highest BCUT2D eigenvalue weighted by Gasteiger charge is 2.44. The molecule has 1 atom stereocenters. The summed E-state index contributed by atoms with van der Waals surface area (Å²) in [7, 11) is 0. The molecule has 1 N–H and O–H groups in total. The Bertz CT molecular complexity index is 728. The lowest BCUT2D eigenvalue weighted by atomic mass is 9.77. The molecule has 22 heavy (non-hydrogen) atoms. The van der Waals surface area contributed by atoms with Crippen molar-refractivity contribution in [3.63, 3.8) is 0 Å².